The van der Waals surface area contributed by atoms with E-state index in [-0.39, 0.29) is 6.71 Å². The van der Waals surface area contributed by atoms with E-state index in [9.17, 15) is 0 Å². The van der Waals surface area contributed by atoms with E-state index < -0.39 is 0 Å². The van der Waals surface area contributed by atoms with Gasteiger partial charge in [-0.3, -0.25) is 0 Å². The Hall–Kier alpha value is -10.5. The molecule has 0 atom stereocenters. The van der Waals surface area contributed by atoms with Gasteiger partial charge in [0.1, 0.15) is 23.0 Å². The third kappa shape index (κ3) is 7.87. The monoisotopic (exact) mass is 1070 g/mol. The molecule has 0 aliphatic carbocycles. The zero-order chi connectivity index (χ0) is 55.4. The number of aromatic nitrogens is 2. The summed E-state index contributed by atoms with van der Waals surface area (Å²) in [6.07, 6.45) is 0. The van der Waals surface area contributed by atoms with E-state index in [2.05, 4.69) is 307 Å². The van der Waals surface area contributed by atoms with E-state index >= 15 is 0 Å². The maximum atomic E-state index is 7.27. The second-order valence-electron chi connectivity index (χ2n) is 22.3. The maximum absolute atomic E-state index is 7.27. The number of anilines is 6. The number of hydrogen-bond acceptors (Lipinski definition) is 4. The van der Waals surface area contributed by atoms with Gasteiger partial charge in [-0.15, -0.1) is 0 Å². The van der Waals surface area contributed by atoms with Crippen molar-refractivity contribution in [1.29, 1.82) is 0 Å². The summed E-state index contributed by atoms with van der Waals surface area (Å²) in [4.78, 5) is 4.76. The summed E-state index contributed by atoms with van der Waals surface area (Å²) >= 11 is 0. The van der Waals surface area contributed by atoms with Crippen LogP contribution in [0.1, 0.15) is 22.3 Å². The largest absolute Gasteiger partial charge is 0.458 e. The smallest absolute Gasteiger partial charge is 0.260 e. The molecule has 7 heteroatoms. The van der Waals surface area contributed by atoms with Gasteiger partial charge in [-0.1, -0.05) is 140 Å². The molecule has 4 heterocycles. The summed E-state index contributed by atoms with van der Waals surface area (Å²) in [6.45, 7) is 8.57. The molecule has 2 aliphatic heterocycles. The first-order valence-electron chi connectivity index (χ1n) is 28.6. The Labute approximate surface area is 483 Å². The van der Waals surface area contributed by atoms with Gasteiger partial charge >= 0.3 is 0 Å². The van der Waals surface area contributed by atoms with E-state index in [1.54, 1.807) is 0 Å². The lowest BCUT2D eigenvalue weighted by molar-refractivity contribution is 0.465. The minimum atomic E-state index is -0.179. The SMILES string of the molecule is Cc1ccc(N(c2ccc3c(c2)Oc2cc(-c4ccccc4)cc4c2B3c2ccc(N(c3ccc(C)c(C)c3)c3ccc5c6ccccc6n(-c6ccccc6)c5c3)cc2O4)c2ccc3c4ccccc4n(-c4ccccc4)c3c2)cc1C. The fraction of sp³-hybridized carbons (Fsp3) is 0.0526. The number of benzene rings is 12. The van der Waals surface area contributed by atoms with Gasteiger partial charge in [-0.2, -0.15) is 0 Å². The molecule has 0 fully saturated rings. The first kappa shape index (κ1) is 48.4. The highest BCUT2D eigenvalue weighted by Crippen LogP contribution is 2.46. The third-order valence-corrected chi connectivity index (χ3v) is 17.4. The van der Waals surface area contributed by atoms with Gasteiger partial charge in [0.05, 0.1) is 22.1 Å². The van der Waals surface area contributed by atoms with Crippen LogP contribution in [0.2, 0.25) is 0 Å². The molecular formula is C76H55BN4O2. The van der Waals surface area contributed by atoms with E-state index in [1.165, 1.54) is 54.8 Å². The summed E-state index contributed by atoms with van der Waals surface area (Å²) in [5.41, 5.74) is 23.3. The molecule has 0 spiro atoms. The van der Waals surface area contributed by atoms with Crippen molar-refractivity contribution < 1.29 is 9.47 Å². The molecule has 2 aromatic heterocycles. The number of ether oxygens (including phenoxy) is 2. The van der Waals surface area contributed by atoms with Crippen LogP contribution in [0, 0.1) is 27.7 Å². The molecule has 14 aromatic rings. The van der Waals surface area contributed by atoms with Crippen LogP contribution in [0.5, 0.6) is 23.0 Å². The van der Waals surface area contributed by atoms with Crippen molar-refractivity contribution in [2.24, 2.45) is 0 Å². The van der Waals surface area contributed by atoms with E-state index in [1.807, 2.05) is 0 Å². The Bertz CT molecular complexity index is 4640. The van der Waals surface area contributed by atoms with Crippen LogP contribution in [-0.2, 0) is 0 Å². The third-order valence-electron chi connectivity index (χ3n) is 17.4. The van der Waals surface area contributed by atoms with Crippen molar-refractivity contribution in [3.8, 4) is 45.5 Å². The molecular weight excluding hydrogens is 1010 g/mol. The minimum absolute atomic E-state index is 0.179. The van der Waals surface area contributed by atoms with Gasteiger partial charge in [-0.05, 0) is 181 Å². The zero-order valence-electron chi connectivity index (χ0n) is 46.5. The minimum Gasteiger partial charge on any atom is -0.458 e. The second kappa shape index (κ2) is 19.1. The number of para-hydroxylation sites is 4. The molecule has 16 rings (SSSR count). The van der Waals surface area contributed by atoms with Crippen LogP contribution in [0.15, 0.2) is 261 Å². The van der Waals surface area contributed by atoms with Crippen LogP contribution < -0.4 is 35.7 Å². The van der Waals surface area contributed by atoms with Gasteiger partial charge in [0.15, 0.2) is 0 Å². The maximum Gasteiger partial charge on any atom is 0.260 e. The lowest BCUT2D eigenvalue weighted by Crippen LogP contribution is -2.57. The van der Waals surface area contributed by atoms with Gasteiger partial charge in [0, 0.05) is 84.6 Å². The molecule has 0 N–H and O–H groups in total. The number of rotatable bonds is 9. The number of aryl methyl sites for hydroxylation is 4. The number of nitrogens with zero attached hydrogens (tertiary/aromatic N) is 4. The Morgan fingerprint density at radius 2 is 0.663 bits per heavy atom. The molecule has 0 unspecified atom stereocenters. The van der Waals surface area contributed by atoms with Gasteiger partial charge in [0.25, 0.3) is 6.71 Å². The normalized spacial score (nSPS) is 12.3. The van der Waals surface area contributed by atoms with Crippen molar-refractivity contribution in [3.05, 3.63) is 283 Å². The topological polar surface area (TPSA) is 34.8 Å². The van der Waals surface area contributed by atoms with E-state index in [4.69, 9.17) is 9.47 Å². The highest BCUT2D eigenvalue weighted by molar-refractivity contribution is 6.98. The van der Waals surface area contributed by atoms with Crippen molar-refractivity contribution in [2.45, 2.75) is 27.7 Å². The van der Waals surface area contributed by atoms with Crippen LogP contribution >= 0.6 is 0 Å². The van der Waals surface area contributed by atoms with Crippen molar-refractivity contribution >= 4 is 101 Å². The molecule has 0 amide bonds. The highest BCUT2D eigenvalue weighted by Gasteiger charge is 2.41. The Morgan fingerprint density at radius 3 is 1.12 bits per heavy atom. The summed E-state index contributed by atoms with van der Waals surface area (Å²) in [6, 6.07) is 94.7. The molecule has 0 saturated carbocycles. The van der Waals surface area contributed by atoms with Crippen molar-refractivity contribution in [1.82, 2.24) is 9.13 Å². The molecule has 6 nitrogen and oxygen atoms in total. The summed E-state index contributed by atoms with van der Waals surface area (Å²) < 4.78 is 19.3. The molecule has 394 valence electrons. The average Bonchev–Trinajstić information content (AvgIpc) is 2.73. The predicted molar refractivity (Wildman–Crippen MR) is 347 cm³/mol. The van der Waals surface area contributed by atoms with E-state index in [0.717, 1.165) is 107 Å². The first-order valence-corrected chi connectivity index (χ1v) is 28.6. The van der Waals surface area contributed by atoms with Crippen LogP contribution in [0.3, 0.4) is 0 Å². The molecule has 0 saturated heterocycles. The first-order chi connectivity index (χ1) is 40.8. The number of fused-ring (bicyclic) bond motifs is 10. The Balaban J connectivity index is 0.871. The molecule has 83 heavy (non-hydrogen) atoms. The lowest BCUT2D eigenvalue weighted by atomic mass is 9.35. The van der Waals surface area contributed by atoms with E-state index in [0.29, 0.717) is 0 Å². The highest BCUT2D eigenvalue weighted by atomic mass is 16.5. The predicted octanol–water partition coefficient (Wildman–Crippen LogP) is 18.4. The van der Waals surface area contributed by atoms with Crippen molar-refractivity contribution in [3.63, 3.8) is 0 Å². The fourth-order valence-corrected chi connectivity index (χ4v) is 13.1. The summed E-state index contributed by atoms with van der Waals surface area (Å²) in [7, 11) is 0. The molecule has 12 aromatic carbocycles. The number of hydrogen-bond donors (Lipinski definition) is 0. The summed E-state index contributed by atoms with van der Waals surface area (Å²) in [5.74, 6) is 3.19. The lowest BCUT2D eigenvalue weighted by Gasteiger charge is -2.35. The van der Waals surface area contributed by atoms with Gasteiger partial charge in [0.2, 0.25) is 0 Å². The average molecular weight is 1070 g/mol. The zero-order valence-corrected chi connectivity index (χ0v) is 46.5. The fourth-order valence-electron chi connectivity index (χ4n) is 13.1. The van der Waals surface area contributed by atoms with Gasteiger partial charge in [-0.25, -0.2) is 0 Å². The van der Waals surface area contributed by atoms with Crippen LogP contribution in [-0.4, -0.2) is 15.8 Å². The van der Waals surface area contributed by atoms with Crippen LogP contribution in [0.25, 0.3) is 66.1 Å². The van der Waals surface area contributed by atoms with Crippen LogP contribution in [0.4, 0.5) is 34.1 Å². The molecule has 0 bridgehead atoms. The Morgan fingerprint density at radius 1 is 0.289 bits per heavy atom. The molecule has 0 radical (unpaired) electrons. The second-order valence-corrected chi connectivity index (χ2v) is 22.3. The quantitative estimate of drug-likeness (QED) is 0.135. The van der Waals surface area contributed by atoms with Gasteiger partial charge < -0.3 is 28.4 Å². The Kier molecular flexibility index (Phi) is 11.1. The summed E-state index contributed by atoms with van der Waals surface area (Å²) in [5, 5.41) is 4.85. The molecule has 2 aliphatic rings. The van der Waals surface area contributed by atoms with Crippen molar-refractivity contribution in [2.75, 3.05) is 9.80 Å². The standard InChI is InChI=1S/C76H55BN4O2/c1-48-28-30-56(40-50(48)3)78(58-32-36-64-62-24-14-16-26-68(62)80(70(64)44-58)54-20-10-6-11-21-54)60-34-38-66-72(46-60)82-74-42-53(52-18-8-5-9-19-52)43-75-76(74)77(66)67-39-35-61(47-73(67)83-75)79(57-31-29-49(2)51(4)41-57)59-33-37-65-63-25-15-17-27-69(63)81(71(65)45-59)55-22-12-7-13-23-55/h5-47H,1-4H3.